The molecule has 1 aromatic heterocycles. The van der Waals surface area contributed by atoms with Gasteiger partial charge in [-0.1, -0.05) is 0 Å². The number of imidazole rings is 1. The SMILES string of the molecule is CCn1c(C2CCCN2)nc2c1CCCC2. The number of hydrogen-bond acceptors (Lipinski definition) is 2. The Morgan fingerprint density at radius 2 is 2.19 bits per heavy atom. The zero-order valence-corrected chi connectivity index (χ0v) is 10.1. The third-order valence-corrected chi connectivity index (χ3v) is 3.95. The Balaban J connectivity index is 1.99. The fraction of sp³-hybridized carbons (Fsp3) is 0.769. The third-order valence-electron chi connectivity index (χ3n) is 3.95. The van der Waals surface area contributed by atoms with Gasteiger partial charge < -0.3 is 9.88 Å². The molecule has 3 heteroatoms. The molecule has 3 rings (SSSR count). The summed E-state index contributed by atoms with van der Waals surface area (Å²) in [6.45, 7) is 4.48. The summed E-state index contributed by atoms with van der Waals surface area (Å²) >= 11 is 0. The van der Waals surface area contributed by atoms with Crippen molar-refractivity contribution in [3.8, 4) is 0 Å². The van der Waals surface area contributed by atoms with E-state index < -0.39 is 0 Å². The van der Waals surface area contributed by atoms with E-state index in [4.69, 9.17) is 4.98 Å². The summed E-state index contributed by atoms with van der Waals surface area (Å²) in [5, 5.41) is 3.57. The lowest BCUT2D eigenvalue weighted by atomic mass is 10.0. The molecular weight excluding hydrogens is 198 g/mol. The Labute approximate surface area is 97.3 Å². The Morgan fingerprint density at radius 1 is 1.31 bits per heavy atom. The fourth-order valence-electron chi connectivity index (χ4n) is 3.15. The predicted molar refractivity (Wildman–Crippen MR) is 64.5 cm³/mol. The molecule has 0 bridgehead atoms. The van der Waals surface area contributed by atoms with Crippen LogP contribution in [-0.4, -0.2) is 16.1 Å². The third kappa shape index (κ3) is 1.58. The maximum Gasteiger partial charge on any atom is 0.126 e. The van der Waals surface area contributed by atoms with E-state index in [-0.39, 0.29) is 0 Å². The molecular formula is C13H21N3. The van der Waals surface area contributed by atoms with Crippen molar-refractivity contribution in [1.82, 2.24) is 14.9 Å². The van der Waals surface area contributed by atoms with Gasteiger partial charge in [-0.25, -0.2) is 4.98 Å². The molecule has 0 amide bonds. The quantitative estimate of drug-likeness (QED) is 0.826. The van der Waals surface area contributed by atoms with Crippen LogP contribution in [0.15, 0.2) is 0 Å². The molecule has 1 aliphatic carbocycles. The van der Waals surface area contributed by atoms with E-state index in [1.165, 1.54) is 55.7 Å². The van der Waals surface area contributed by atoms with Crippen LogP contribution in [0.3, 0.4) is 0 Å². The second-order valence-electron chi connectivity index (χ2n) is 4.96. The van der Waals surface area contributed by atoms with Crippen molar-refractivity contribution in [3.05, 3.63) is 17.2 Å². The lowest BCUT2D eigenvalue weighted by Gasteiger charge is -2.15. The summed E-state index contributed by atoms with van der Waals surface area (Å²) in [5.41, 5.74) is 2.91. The molecule has 88 valence electrons. The molecule has 1 fully saturated rings. The van der Waals surface area contributed by atoms with Gasteiger partial charge in [0.15, 0.2) is 0 Å². The molecule has 2 aliphatic rings. The van der Waals surface area contributed by atoms with Crippen LogP contribution in [0.5, 0.6) is 0 Å². The smallest absolute Gasteiger partial charge is 0.126 e. The zero-order chi connectivity index (χ0) is 11.0. The van der Waals surface area contributed by atoms with Crippen LogP contribution in [0.2, 0.25) is 0 Å². The maximum absolute atomic E-state index is 4.90. The van der Waals surface area contributed by atoms with Crippen molar-refractivity contribution >= 4 is 0 Å². The van der Waals surface area contributed by atoms with Crippen LogP contribution < -0.4 is 5.32 Å². The molecule has 0 aromatic carbocycles. The monoisotopic (exact) mass is 219 g/mol. The molecule has 1 saturated heterocycles. The molecule has 1 aliphatic heterocycles. The van der Waals surface area contributed by atoms with Gasteiger partial charge in [0.05, 0.1) is 11.7 Å². The largest absolute Gasteiger partial charge is 0.331 e. The van der Waals surface area contributed by atoms with Crippen molar-refractivity contribution in [2.75, 3.05) is 6.54 Å². The maximum atomic E-state index is 4.90. The number of aromatic nitrogens is 2. The van der Waals surface area contributed by atoms with E-state index in [9.17, 15) is 0 Å². The first-order chi connectivity index (χ1) is 7.90. The van der Waals surface area contributed by atoms with Crippen LogP contribution in [-0.2, 0) is 19.4 Å². The van der Waals surface area contributed by atoms with Crippen LogP contribution in [0.1, 0.15) is 55.9 Å². The molecule has 1 unspecified atom stereocenters. The van der Waals surface area contributed by atoms with E-state index >= 15 is 0 Å². The number of nitrogens with one attached hydrogen (secondary N) is 1. The van der Waals surface area contributed by atoms with E-state index in [2.05, 4.69) is 16.8 Å². The van der Waals surface area contributed by atoms with Gasteiger partial charge in [0.25, 0.3) is 0 Å². The number of aryl methyl sites for hydroxylation is 1. The zero-order valence-electron chi connectivity index (χ0n) is 10.1. The summed E-state index contributed by atoms with van der Waals surface area (Å²) in [6, 6.07) is 0.519. The first-order valence-electron chi connectivity index (χ1n) is 6.71. The highest BCUT2D eigenvalue weighted by Gasteiger charge is 2.25. The predicted octanol–water partition coefficient (Wildman–Crippen LogP) is 2.21. The van der Waals surface area contributed by atoms with Gasteiger partial charge in [0, 0.05) is 12.2 Å². The van der Waals surface area contributed by atoms with Crippen LogP contribution in [0.4, 0.5) is 0 Å². The van der Waals surface area contributed by atoms with Gasteiger partial charge >= 0.3 is 0 Å². The van der Waals surface area contributed by atoms with Crippen molar-refractivity contribution in [2.24, 2.45) is 0 Å². The van der Waals surface area contributed by atoms with Gasteiger partial charge in [-0.3, -0.25) is 0 Å². The van der Waals surface area contributed by atoms with E-state index in [1.54, 1.807) is 0 Å². The topological polar surface area (TPSA) is 29.9 Å². The Morgan fingerprint density at radius 3 is 2.94 bits per heavy atom. The number of fused-ring (bicyclic) bond motifs is 1. The Hall–Kier alpha value is -0.830. The summed E-state index contributed by atoms with van der Waals surface area (Å²) < 4.78 is 2.47. The molecule has 0 spiro atoms. The van der Waals surface area contributed by atoms with Crippen LogP contribution >= 0.6 is 0 Å². The minimum Gasteiger partial charge on any atom is -0.331 e. The lowest BCUT2D eigenvalue weighted by molar-refractivity contribution is 0.544. The van der Waals surface area contributed by atoms with Crippen molar-refractivity contribution in [1.29, 1.82) is 0 Å². The molecule has 0 radical (unpaired) electrons. The van der Waals surface area contributed by atoms with Gasteiger partial charge in [-0.2, -0.15) is 0 Å². The lowest BCUT2D eigenvalue weighted by Crippen LogP contribution is -2.18. The van der Waals surface area contributed by atoms with E-state index in [1.807, 2.05) is 0 Å². The molecule has 16 heavy (non-hydrogen) atoms. The minimum atomic E-state index is 0.519. The Bertz CT molecular complexity index is 375. The molecule has 2 heterocycles. The van der Waals surface area contributed by atoms with Gasteiger partial charge in [0.2, 0.25) is 0 Å². The van der Waals surface area contributed by atoms with E-state index in [0.29, 0.717) is 6.04 Å². The highest BCUT2D eigenvalue weighted by molar-refractivity contribution is 5.22. The highest BCUT2D eigenvalue weighted by atomic mass is 15.1. The summed E-state index contributed by atoms with van der Waals surface area (Å²) in [7, 11) is 0. The summed E-state index contributed by atoms with van der Waals surface area (Å²) in [6.07, 6.45) is 7.66. The van der Waals surface area contributed by atoms with Gasteiger partial charge in [0.1, 0.15) is 5.82 Å². The van der Waals surface area contributed by atoms with Gasteiger partial charge in [-0.05, 0) is 52.0 Å². The van der Waals surface area contributed by atoms with E-state index in [0.717, 1.165) is 13.1 Å². The van der Waals surface area contributed by atoms with Crippen LogP contribution in [0, 0.1) is 0 Å². The molecule has 1 N–H and O–H groups in total. The Kier molecular flexibility index (Phi) is 2.72. The van der Waals surface area contributed by atoms with Crippen molar-refractivity contribution in [2.45, 2.75) is 58.0 Å². The minimum absolute atomic E-state index is 0.519. The van der Waals surface area contributed by atoms with Crippen LogP contribution in [0.25, 0.3) is 0 Å². The summed E-state index contributed by atoms with van der Waals surface area (Å²) in [4.78, 5) is 4.90. The number of nitrogens with zero attached hydrogens (tertiary/aromatic N) is 2. The molecule has 3 nitrogen and oxygen atoms in total. The van der Waals surface area contributed by atoms with Crippen molar-refractivity contribution < 1.29 is 0 Å². The second kappa shape index (κ2) is 4.21. The number of rotatable bonds is 2. The first-order valence-corrected chi connectivity index (χ1v) is 6.71. The van der Waals surface area contributed by atoms with Gasteiger partial charge in [-0.15, -0.1) is 0 Å². The first kappa shape index (κ1) is 10.3. The van der Waals surface area contributed by atoms with Crippen molar-refractivity contribution in [3.63, 3.8) is 0 Å². The normalized spacial score (nSPS) is 24.7. The average molecular weight is 219 g/mol. The molecule has 0 saturated carbocycles. The standard InChI is InChI=1S/C13H21N3/c1-2-16-12-8-4-3-6-10(12)15-13(16)11-7-5-9-14-11/h11,14H,2-9H2,1H3. The highest BCUT2D eigenvalue weighted by Crippen LogP contribution is 2.28. The average Bonchev–Trinajstić information content (AvgIpc) is 2.95. The fourth-order valence-corrected chi connectivity index (χ4v) is 3.15. The number of hydrogen-bond donors (Lipinski definition) is 1. The second-order valence-corrected chi connectivity index (χ2v) is 4.96. The summed E-state index contributed by atoms with van der Waals surface area (Å²) in [5.74, 6) is 1.31. The molecule has 1 aromatic rings. The molecule has 1 atom stereocenters.